The third-order valence-electron chi connectivity index (χ3n) is 5.09. The van der Waals surface area contributed by atoms with Crippen molar-refractivity contribution in [2.45, 2.75) is 6.61 Å². The van der Waals surface area contributed by atoms with Crippen LogP contribution in [0.2, 0.25) is 10.0 Å². The van der Waals surface area contributed by atoms with Crippen LogP contribution in [0.25, 0.3) is 6.08 Å². The largest absolute Gasteiger partial charge is 0.497 e. The highest BCUT2D eigenvalue weighted by Crippen LogP contribution is 2.35. The van der Waals surface area contributed by atoms with Gasteiger partial charge in [0.1, 0.15) is 24.7 Å². The van der Waals surface area contributed by atoms with E-state index in [2.05, 4.69) is 5.32 Å². The number of carbonyl (C=O) groups is 3. The number of benzene rings is 3. The molecule has 36 heavy (non-hydrogen) atoms. The number of hydrogen-bond donors (Lipinski definition) is 1. The molecule has 1 aliphatic heterocycles. The maximum absolute atomic E-state index is 12.9. The molecular formula is C26H20Cl2N2O5S. The molecule has 0 bridgehead atoms. The average molecular weight is 543 g/mol. The van der Waals surface area contributed by atoms with Gasteiger partial charge in [0.25, 0.3) is 11.1 Å². The Morgan fingerprint density at radius 1 is 1.03 bits per heavy atom. The smallest absolute Gasteiger partial charge is 0.294 e. The van der Waals surface area contributed by atoms with E-state index in [9.17, 15) is 14.4 Å². The summed E-state index contributed by atoms with van der Waals surface area (Å²) >= 11 is 12.9. The third kappa shape index (κ3) is 6.40. The van der Waals surface area contributed by atoms with E-state index in [1.165, 1.54) is 6.08 Å². The molecule has 3 amide bonds. The van der Waals surface area contributed by atoms with Crippen molar-refractivity contribution >= 4 is 63.8 Å². The Morgan fingerprint density at radius 3 is 2.50 bits per heavy atom. The van der Waals surface area contributed by atoms with E-state index in [1.54, 1.807) is 61.7 Å². The van der Waals surface area contributed by atoms with Crippen LogP contribution in [0.15, 0.2) is 71.6 Å². The molecule has 0 unspecified atom stereocenters. The van der Waals surface area contributed by atoms with Crippen molar-refractivity contribution in [3.63, 3.8) is 0 Å². The lowest BCUT2D eigenvalue weighted by Gasteiger charge is -2.13. The molecule has 0 radical (unpaired) electrons. The van der Waals surface area contributed by atoms with Gasteiger partial charge in [0.2, 0.25) is 5.91 Å². The normalized spacial score (nSPS) is 14.3. The number of amides is 3. The zero-order chi connectivity index (χ0) is 25.7. The van der Waals surface area contributed by atoms with E-state index in [4.69, 9.17) is 32.7 Å². The zero-order valence-electron chi connectivity index (χ0n) is 19.0. The monoisotopic (exact) mass is 542 g/mol. The highest BCUT2D eigenvalue weighted by Gasteiger charge is 2.36. The topological polar surface area (TPSA) is 84.9 Å². The van der Waals surface area contributed by atoms with Gasteiger partial charge in [-0.1, -0.05) is 35.3 Å². The second kappa shape index (κ2) is 11.5. The zero-order valence-corrected chi connectivity index (χ0v) is 21.3. The number of carbonyl (C=O) groups excluding carboxylic acids is 3. The lowest BCUT2D eigenvalue weighted by Crippen LogP contribution is -2.36. The molecule has 3 aromatic rings. The van der Waals surface area contributed by atoms with Gasteiger partial charge in [-0.3, -0.25) is 19.3 Å². The van der Waals surface area contributed by atoms with E-state index in [-0.39, 0.29) is 11.5 Å². The fraction of sp³-hybridized carbons (Fsp3) is 0.115. The Balaban J connectivity index is 1.46. The van der Waals surface area contributed by atoms with Gasteiger partial charge in [0.15, 0.2) is 0 Å². The molecule has 0 aliphatic carbocycles. The van der Waals surface area contributed by atoms with Crippen molar-refractivity contribution in [1.82, 2.24) is 4.90 Å². The Kier molecular flexibility index (Phi) is 8.20. The molecule has 4 rings (SSSR count). The average Bonchev–Trinajstić information content (AvgIpc) is 3.11. The van der Waals surface area contributed by atoms with Crippen molar-refractivity contribution in [3.05, 3.63) is 92.8 Å². The number of nitrogens with zero attached hydrogens (tertiary/aromatic N) is 1. The number of methoxy groups -OCH3 is 1. The van der Waals surface area contributed by atoms with E-state index >= 15 is 0 Å². The summed E-state index contributed by atoms with van der Waals surface area (Å²) in [7, 11) is 1.54. The quantitative estimate of drug-likeness (QED) is 0.338. The molecular weight excluding hydrogens is 523 g/mol. The SMILES string of the molecule is COc1ccc(NC(=O)CN2C(=O)S/C(=C/c3cc(Cl)ccc3OCc3cccc(Cl)c3)C2=O)cc1. The molecule has 0 atom stereocenters. The number of imide groups is 1. The van der Waals surface area contributed by atoms with Gasteiger partial charge < -0.3 is 14.8 Å². The first-order chi connectivity index (χ1) is 17.3. The van der Waals surface area contributed by atoms with E-state index in [0.717, 1.165) is 22.2 Å². The Hall–Kier alpha value is -3.46. The molecule has 1 saturated heterocycles. The van der Waals surface area contributed by atoms with Gasteiger partial charge in [0, 0.05) is 21.3 Å². The fourth-order valence-corrected chi connectivity index (χ4v) is 4.57. The number of ether oxygens (including phenoxy) is 2. The Labute approximate surface area is 222 Å². The Bertz CT molecular complexity index is 1340. The first-order valence-corrected chi connectivity index (χ1v) is 12.3. The minimum atomic E-state index is -0.573. The molecule has 1 aliphatic rings. The minimum absolute atomic E-state index is 0.159. The molecule has 0 saturated carbocycles. The number of hydrogen-bond acceptors (Lipinski definition) is 6. The maximum Gasteiger partial charge on any atom is 0.294 e. The number of anilines is 1. The number of thioether (sulfide) groups is 1. The summed E-state index contributed by atoms with van der Waals surface area (Å²) in [6, 6.07) is 19.0. The van der Waals surface area contributed by atoms with Gasteiger partial charge in [-0.2, -0.15) is 0 Å². The second-order valence-electron chi connectivity index (χ2n) is 7.65. The Morgan fingerprint density at radius 2 is 1.78 bits per heavy atom. The standard InChI is InChI=1S/C26H20Cl2N2O5S/c1-34-21-8-6-20(7-9-21)29-24(31)14-30-25(32)23(36-26(30)33)13-17-12-19(28)5-10-22(17)35-15-16-3-2-4-18(27)11-16/h2-13H,14-15H2,1H3,(H,29,31)/b23-13+. The molecule has 10 heteroatoms. The van der Waals surface area contributed by atoms with Crippen LogP contribution < -0.4 is 14.8 Å². The summed E-state index contributed by atoms with van der Waals surface area (Å²) in [5, 5.41) is 3.15. The van der Waals surface area contributed by atoms with Crippen LogP contribution >= 0.6 is 35.0 Å². The van der Waals surface area contributed by atoms with Gasteiger partial charge in [-0.15, -0.1) is 0 Å². The highest BCUT2D eigenvalue weighted by atomic mass is 35.5. The summed E-state index contributed by atoms with van der Waals surface area (Å²) in [5.74, 6) is 0.0390. The molecule has 1 heterocycles. The van der Waals surface area contributed by atoms with Crippen LogP contribution in [0.5, 0.6) is 11.5 Å². The summed E-state index contributed by atoms with van der Waals surface area (Å²) in [5.41, 5.74) is 1.91. The molecule has 1 N–H and O–H groups in total. The number of halogens is 2. The molecule has 1 fully saturated rings. The van der Waals surface area contributed by atoms with Crippen LogP contribution in [0.3, 0.4) is 0 Å². The summed E-state index contributed by atoms with van der Waals surface area (Å²) < 4.78 is 11.0. The van der Waals surface area contributed by atoms with Gasteiger partial charge >= 0.3 is 0 Å². The molecule has 0 aromatic heterocycles. The minimum Gasteiger partial charge on any atom is -0.497 e. The van der Waals surface area contributed by atoms with Crippen molar-refractivity contribution in [2.75, 3.05) is 19.0 Å². The first-order valence-electron chi connectivity index (χ1n) is 10.7. The summed E-state index contributed by atoms with van der Waals surface area (Å²) in [6.07, 6.45) is 1.53. The van der Waals surface area contributed by atoms with Crippen LogP contribution in [-0.2, 0) is 16.2 Å². The summed E-state index contributed by atoms with van der Waals surface area (Å²) in [6.45, 7) is -0.169. The predicted octanol–water partition coefficient (Wildman–Crippen LogP) is 6.26. The highest BCUT2D eigenvalue weighted by molar-refractivity contribution is 8.18. The maximum atomic E-state index is 12.9. The lowest BCUT2D eigenvalue weighted by molar-refractivity contribution is -0.127. The van der Waals surface area contributed by atoms with Crippen LogP contribution in [-0.4, -0.2) is 35.6 Å². The van der Waals surface area contributed by atoms with Crippen molar-refractivity contribution in [2.24, 2.45) is 0 Å². The molecule has 7 nitrogen and oxygen atoms in total. The fourth-order valence-electron chi connectivity index (χ4n) is 3.35. The van der Waals surface area contributed by atoms with Crippen molar-refractivity contribution in [1.29, 1.82) is 0 Å². The third-order valence-corrected chi connectivity index (χ3v) is 6.47. The number of rotatable bonds is 8. The van der Waals surface area contributed by atoms with Crippen molar-refractivity contribution in [3.8, 4) is 11.5 Å². The van der Waals surface area contributed by atoms with Crippen LogP contribution in [0, 0.1) is 0 Å². The van der Waals surface area contributed by atoms with E-state index in [1.807, 2.05) is 12.1 Å². The van der Waals surface area contributed by atoms with Gasteiger partial charge in [0.05, 0.1) is 12.0 Å². The van der Waals surface area contributed by atoms with Gasteiger partial charge in [-0.05, 0) is 78.0 Å². The van der Waals surface area contributed by atoms with E-state index in [0.29, 0.717) is 32.8 Å². The second-order valence-corrected chi connectivity index (χ2v) is 9.51. The van der Waals surface area contributed by atoms with Gasteiger partial charge in [-0.25, -0.2) is 0 Å². The summed E-state index contributed by atoms with van der Waals surface area (Å²) in [4.78, 5) is 39.0. The predicted molar refractivity (Wildman–Crippen MR) is 142 cm³/mol. The molecule has 184 valence electrons. The number of nitrogens with one attached hydrogen (secondary N) is 1. The van der Waals surface area contributed by atoms with Crippen molar-refractivity contribution < 1.29 is 23.9 Å². The molecule has 0 spiro atoms. The van der Waals surface area contributed by atoms with Crippen LogP contribution in [0.4, 0.5) is 10.5 Å². The van der Waals surface area contributed by atoms with E-state index < -0.39 is 23.6 Å². The lowest BCUT2D eigenvalue weighted by atomic mass is 10.1. The first kappa shape index (κ1) is 25.6. The van der Waals surface area contributed by atoms with Crippen LogP contribution in [0.1, 0.15) is 11.1 Å². The molecule has 3 aromatic carbocycles.